The first-order chi connectivity index (χ1) is 13.7. The van der Waals surface area contributed by atoms with Gasteiger partial charge in [-0.1, -0.05) is 42.5 Å². The molecule has 5 rings (SSSR count). The zero-order valence-corrected chi connectivity index (χ0v) is 15.4. The van der Waals surface area contributed by atoms with E-state index >= 15 is 0 Å². The van der Waals surface area contributed by atoms with Gasteiger partial charge in [0.05, 0.1) is 0 Å². The minimum atomic E-state index is -0.324. The van der Waals surface area contributed by atoms with Gasteiger partial charge in [0.1, 0.15) is 11.4 Å². The first-order valence-corrected chi connectivity index (χ1v) is 9.60. The normalized spacial score (nSPS) is 14.2. The Morgan fingerprint density at radius 3 is 2.54 bits per heavy atom. The van der Waals surface area contributed by atoms with Gasteiger partial charge in [-0.15, -0.1) is 0 Å². The van der Waals surface area contributed by atoms with E-state index in [9.17, 15) is 9.18 Å². The van der Waals surface area contributed by atoms with E-state index < -0.39 is 0 Å². The Morgan fingerprint density at radius 2 is 1.75 bits per heavy atom. The second kappa shape index (κ2) is 6.88. The van der Waals surface area contributed by atoms with Crippen LogP contribution in [0.25, 0.3) is 21.7 Å². The van der Waals surface area contributed by atoms with Crippen LogP contribution in [0.15, 0.2) is 75.9 Å². The number of nitrogens with zero attached hydrogens (tertiary/aromatic N) is 1. The Balaban J connectivity index is 1.58. The molecule has 0 atom stereocenters. The molecular formula is C24H20FNO2. The Hall–Kier alpha value is -2.98. The maximum absolute atomic E-state index is 13.3. The Bertz CT molecular complexity index is 1210. The van der Waals surface area contributed by atoms with Crippen LogP contribution in [0.4, 0.5) is 4.39 Å². The highest BCUT2D eigenvalue weighted by Crippen LogP contribution is 2.33. The van der Waals surface area contributed by atoms with Gasteiger partial charge in [-0.3, -0.25) is 4.90 Å². The van der Waals surface area contributed by atoms with Gasteiger partial charge in [-0.2, -0.15) is 0 Å². The molecule has 1 aliphatic carbocycles. The lowest BCUT2D eigenvalue weighted by atomic mass is 10.0. The summed E-state index contributed by atoms with van der Waals surface area (Å²) in [5.41, 5.74) is 2.36. The minimum absolute atomic E-state index is 0.222. The zero-order valence-electron chi connectivity index (χ0n) is 15.4. The SMILES string of the molecule is O=c1cc(CN(Cc2ccc(F)cc2)C2CC2)c2c(ccc3ccccc32)o1. The van der Waals surface area contributed by atoms with Crippen LogP contribution in [0, 0.1) is 5.82 Å². The van der Waals surface area contributed by atoms with Crippen molar-refractivity contribution in [3.8, 4) is 0 Å². The second-order valence-electron chi connectivity index (χ2n) is 7.51. The van der Waals surface area contributed by atoms with Crippen molar-refractivity contribution in [2.24, 2.45) is 0 Å². The van der Waals surface area contributed by atoms with E-state index in [-0.39, 0.29) is 11.4 Å². The first kappa shape index (κ1) is 17.1. The van der Waals surface area contributed by atoms with Crippen molar-refractivity contribution >= 4 is 21.7 Å². The van der Waals surface area contributed by atoms with Gasteiger partial charge >= 0.3 is 5.63 Å². The molecule has 4 aromatic rings. The van der Waals surface area contributed by atoms with E-state index in [1.54, 1.807) is 6.07 Å². The monoisotopic (exact) mass is 373 g/mol. The molecule has 28 heavy (non-hydrogen) atoms. The summed E-state index contributed by atoms with van der Waals surface area (Å²) in [5, 5.41) is 3.22. The summed E-state index contributed by atoms with van der Waals surface area (Å²) >= 11 is 0. The van der Waals surface area contributed by atoms with E-state index in [0.29, 0.717) is 18.2 Å². The number of benzene rings is 3. The molecule has 0 radical (unpaired) electrons. The van der Waals surface area contributed by atoms with E-state index in [1.165, 1.54) is 12.1 Å². The van der Waals surface area contributed by atoms with E-state index in [4.69, 9.17) is 4.42 Å². The van der Waals surface area contributed by atoms with Gasteiger partial charge in [0.15, 0.2) is 0 Å². The van der Waals surface area contributed by atoms with Crippen LogP contribution >= 0.6 is 0 Å². The molecule has 0 amide bonds. The molecule has 3 aromatic carbocycles. The Morgan fingerprint density at radius 1 is 0.964 bits per heavy atom. The van der Waals surface area contributed by atoms with E-state index in [1.807, 2.05) is 36.4 Å². The molecule has 0 spiro atoms. The van der Waals surface area contributed by atoms with Gasteiger partial charge < -0.3 is 4.42 Å². The third-order valence-electron chi connectivity index (χ3n) is 5.45. The molecule has 0 saturated heterocycles. The molecule has 0 aliphatic heterocycles. The summed E-state index contributed by atoms with van der Waals surface area (Å²) in [6.45, 7) is 1.40. The Labute approximate surface area is 162 Å². The average Bonchev–Trinajstić information content (AvgIpc) is 3.54. The number of rotatable bonds is 5. The zero-order chi connectivity index (χ0) is 19.1. The predicted molar refractivity (Wildman–Crippen MR) is 109 cm³/mol. The van der Waals surface area contributed by atoms with Crippen molar-refractivity contribution in [1.82, 2.24) is 4.90 Å². The van der Waals surface area contributed by atoms with Crippen molar-refractivity contribution in [2.45, 2.75) is 32.0 Å². The van der Waals surface area contributed by atoms with Crippen LogP contribution in [-0.4, -0.2) is 10.9 Å². The molecule has 1 aliphatic rings. The first-order valence-electron chi connectivity index (χ1n) is 9.60. The van der Waals surface area contributed by atoms with Crippen molar-refractivity contribution < 1.29 is 8.81 Å². The summed E-state index contributed by atoms with van der Waals surface area (Å²) < 4.78 is 18.7. The fourth-order valence-corrected chi connectivity index (χ4v) is 3.94. The van der Waals surface area contributed by atoms with Crippen molar-refractivity contribution in [1.29, 1.82) is 0 Å². The van der Waals surface area contributed by atoms with Gasteiger partial charge in [0.25, 0.3) is 0 Å². The van der Waals surface area contributed by atoms with Crippen LogP contribution in [0.3, 0.4) is 0 Å². The molecule has 1 fully saturated rings. The molecule has 3 nitrogen and oxygen atoms in total. The van der Waals surface area contributed by atoms with Crippen LogP contribution in [-0.2, 0) is 13.1 Å². The third-order valence-corrected chi connectivity index (χ3v) is 5.45. The highest BCUT2D eigenvalue weighted by molar-refractivity contribution is 6.07. The van der Waals surface area contributed by atoms with Crippen molar-refractivity contribution in [3.05, 3.63) is 94.1 Å². The second-order valence-corrected chi connectivity index (χ2v) is 7.51. The van der Waals surface area contributed by atoms with Gasteiger partial charge in [-0.25, -0.2) is 9.18 Å². The lowest BCUT2D eigenvalue weighted by Crippen LogP contribution is -2.25. The highest BCUT2D eigenvalue weighted by atomic mass is 19.1. The largest absolute Gasteiger partial charge is 0.423 e. The summed E-state index contributed by atoms with van der Waals surface area (Å²) in [7, 11) is 0. The van der Waals surface area contributed by atoms with Gasteiger partial charge in [-0.05, 0) is 52.9 Å². The summed E-state index contributed by atoms with van der Waals surface area (Å²) in [5.74, 6) is -0.222. The van der Waals surface area contributed by atoms with Gasteiger partial charge in [0, 0.05) is 30.6 Å². The fraction of sp³-hybridized carbons (Fsp3) is 0.208. The lowest BCUT2D eigenvalue weighted by molar-refractivity contribution is 0.246. The Kier molecular flexibility index (Phi) is 4.21. The van der Waals surface area contributed by atoms with Crippen LogP contribution in [0.2, 0.25) is 0 Å². The molecule has 140 valence electrons. The number of fused-ring (bicyclic) bond motifs is 3. The van der Waals surface area contributed by atoms with Crippen molar-refractivity contribution in [3.63, 3.8) is 0 Å². The van der Waals surface area contributed by atoms with Crippen LogP contribution in [0.1, 0.15) is 24.0 Å². The molecule has 1 heterocycles. The summed E-state index contributed by atoms with van der Waals surface area (Å²) in [6.07, 6.45) is 2.31. The lowest BCUT2D eigenvalue weighted by Gasteiger charge is -2.23. The van der Waals surface area contributed by atoms with Crippen molar-refractivity contribution in [2.75, 3.05) is 0 Å². The average molecular weight is 373 g/mol. The standard InChI is InChI=1S/C24H20FNO2/c25-19-8-5-16(6-9-19)14-26(20-10-11-20)15-18-13-23(27)28-22-12-7-17-3-1-2-4-21(17)24(18)22/h1-9,12-13,20H,10-11,14-15H2. The maximum Gasteiger partial charge on any atom is 0.336 e. The van der Waals surface area contributed by atoms with Crippen LogP contribution < -0.4 is 5.63 Å². The summed E-state index contributed by atoms with van der Waals surface area (Å²) in [6, 6.07) is 20.8. The molecular weight excluding hydrogens is 353 g/mol. The molecule has 1 aromatic heterocycles. The van der Waals surface area contributed by atoms with E-state index in [2.05, 4.69) is 17.0 Å². The molecule has 1 saturated carbocycles. The highest BCUT2D eigenvalue weighted by Gasteiger charge is 2.29. The number of hydrogen-bond donors (Lipinski definition) is 0. The fourth-order valence-electron chi connectivity index (χ4n) is 3.94. The summed E-state index contributed by atoms with van der Waals surface area (Å²) in [4.78, 5) is 14.6. The molecule has 0 bridgehead atoms. The smallest absolute Gasteiger partial charge is 0.336 e. The minimum Gasteiger partial charge on any atom is -0.423 e. The quantitative estimate of drug-likeness (QED) is 0.354. The maximum atomic E-state index is 13.3. The van der Waals surface area contributed by atoms with E-state index in [0.717, 1.165) is 46.7 Å². The number of halogens is 1. The third kappa shape index (κ3) is 3.32. The van der Waals surface area contributed by atoms with Gasteiger partial charge in [0.2, 0.25) is 0 Å². The van der Waals surface area contributed by atoms with Crippen LogP contribution in [0.5, 0.6) is 0 Å². The number of hydrogen-bond acceptors (Lipinski definition) is 3. The molecule has 0 N–H and O–H groups in total. The molecule has 4 heteroatoms. The molecule has 0 unspecified atom stereocenters. The topological polar surface area (TPSA) is 33.5 Å². The predicted octanol–water partition coefficient (Wildman–Crippen LogP) is 5.25.